The summed E-state index contributed by atoms with van der Waals surface area (Å²) in [6.07, 6.45) is -4.58. The van der Waals surface area contributed by atoms with Crippen LogP contribution in [0.3, 0.4) is 0 Å². The van der Waals surface area contributed by atoms with Gasteiger partial charge in [-0.3, -0.25) is 9.59 Å². The van der Waals surface area contributed by atoms with E-state index in [-0.39, 0.29) is 23.4 Å². The van der Waals surface area contributed by atoms with E-state index in [4.69, 9.17) is 11.6 Å². The minimum Gasteiger partial charge on any atom is -0.376 e. The van der Waals surface area contributed by atoms with E-state index in [0.717, 1.165) is 6.07 Å². The van der Waals surface area contributed by atoms with E-state index in [0.29, 0.717) is 10.7 Å². The van der Waals surface area contributed by atoms with Gasteiger partial charge in [-0.15, -0.1) is 0 Å². The fourth-order valence-electron chi connectivity index (χ4n) is 2.19. The van der Waals surface area contributed by atoms with Gasteiger partial charge in [0.15, 0.2) is 0 Å². The summed E-state index contributed by atoms with van der Waals surface area (Å²) >= 11 is 5.75. The number of halogens is 5. The Balaban J connectivity index is 2.04. The van der Waals surface area contributed by atoms with Crippen LogP contribution in [-0.4, -0.2) is 31.1 Å². The highest BCUT2D eigenvalue weighted by Gasteiger charge is 2.28. The lowest BCUT2D eigenvalue weighted by atomic mass is 10.1. The van der Waals surface area contributed by atoms with Gasteiger partial charge < -0.3 is 16.0 Å². The fourth-order valence-corrected chi connectivity index (χ4v) is 2.32. The molecule has 0 unspecified atom stereocenters. The molecule has 2 amide bonds. The number of hydrogen-bond acceptors (Lipinski definition) is 3. The molecule has 3 N–H and O–H groups in total. The van der Waals surface area contributed by atoms with Crippen LogP contribution in [0, 0.1) is 12.7 Å². The molecule has 28 heavy (non-hydrogen) atoms. The highest BCUT2D eigenvalue weighted by atomic mass is 35.5. The molecule has 0 aliphatic carbocycles. The van der Waals surface area contributed by atoms with Crippen LogP contribution in [0.2, 0.25) is 5.02 Å². The second kappa shape index (κ2) is 8.92. The largest absolute Gasteiger partial charge is 0.405 e. The van der Waals surface area contributed by atoms with E-state index in [2.05, 4.69) is 10.6 Å². The minimum atomic E-state index is -4.58. The Bertz CT molecular complexity index is 870. The van der Waals surface area contributed by atoms with Gasteiger partial charge in [-0.25, -0.2) is 4.39 Å². The molecule has 10 heteroatoms. The summed E-state index contributed by atoms with van der Waals surface area (Å²) in [4.78, 5) is 23.8. The summed E-state index contributed by atoms with van der Waals surface area (Å²) < 4.78 is 50.7. The van der Waals surface area contributed by atoms with Gasteiger partial charge in [0.25, 0.3) is 5.91 Å². The van der Waals surface area contributed by atoms with Crippen LogP contribution in [0.15, 0.2) is 36.4 Å². The third-order valence-electron chi connectivity index (χ3n) is 3.62. The predicted molar refractivity (Wildman–Crippen MR) is 98.1 cm³/mol. The molecule has 0 fully saturated rings. The maximum atomic E-state index is 14.0. The summed E-state index contributed by atoms with van der Waals surface area (Å²) in [5.74, 6) is -2.32. The van der Waals surface area contributed by atoms with Gasteiger partial charge in [0.05, 0.1) is 6.54 Å². The van der Waals surface area contributed by atoms with Gasteiger partial charge in [-0.2, -0.15) is 13.2 Å². The molecule has 2 aromatic carbocycles. The molecule has 0 radical (unpaired) electrons. The third kappa shape index (κ3) is 6.41. The number of rotatable bonds is 6. The average Bonchev–Trinajstić information content (AvgIpc) is 2.62. The van der Waals surface area contributed by atoms with Gasteiger partial charge in [-0.05, 0) is 43.3 Å². The monoisotopic (exact) mass is 417 g/mol. The number of carbonyl (C=O) groups excluding carboxylic acids is 2. The van der Waals surface area contributed by atoms with E-state index in [9.17, 15) is 27.2 Å². The maximum absolute atomic E-state index is 14.0. The zero-order chi connectivity index (χ0) is 20.9. The van der Waals surface area contributed by atoms with Crippen molar-refractivity contribution in [1.29, 1.82) is 0 Å². The molecule has 0 aliphatic rings. The smallest absolute Gasteiger partial charge is 0.376 e. The average molecular weight is 418 g/mol. The first-order chi connectivity index (χ1) is 13.0. The first-order valence-electron chi connectivity index (χ1n) is 7.99. The zero-order valence-corrected chi connectivity index (χ0v) is 15.3. The summed E-state index contributed by atoms with van der Waals surface area (Å²) in [6.45, 7) is -0.379. The van der Waals surface area contributed by atoms with Crippen molar-refractivity contribution in [1.82, 2.24) is 5.32 Å². The SMILES string of the molecule is Cc1c(F)cc(C(=O)NCC(F)(F)F)cc1NCC(=O)Nc1ccc(Cl)cc1. The Morgan fingerprint density at radius 1 is 1.11 bits per heavy atom. The van der Waals surface area contributed by atoms with Crippen molar-refractivity contribution in [2.45, 2.75) is 13.1 Å². The highest BCUT2D eigenvalue weighted by Crippen LogP contribution is 2.21. The molecule has 0 bridgehead atoms. The first-order valence-corrected chi connectivity index (χ1v) is 8.37. The highest BCUT2D eigenvalue weighted by molar-refractivity contribution is 6.30. The van der Waals surface area contributed by atoms with Crippen LogP contribution in [0.25, 0.3) is 0 Å². The Morgan fingerprint density at radius 2 is 1.75 bits per heavy atom. The van der Waals surface area contributed by atoms with Crippen LogP contribution in [0.5, 0.6) is 0 Å². The molecule has 5 nitrogen and oxygen atoms in total. The van der Waals surface area contributed by atoms with Crippen molar-refractivity contribution in [3.05, 3.63) is 58.4 Å². The number of anilines is 2. The molecule has 2 aromatic rings. The molecule has 0 aromatic heterocycles. The quantitative estimate of drug-likeness (QED) is 0.619. The Hall–Kier alpha value is -2.81. The van der Waals surface area contributed by atoms with Gasteiger partial charge in [0.1, 0.15) is 12.4 Å². The van der Waals surface area contributed by atoms with Crippen LogP contribution < -0.4 is 16.0 Å². The standard InChI is InChI=1S/C18H16ClF4N3O2/c1-10-14(20)6-11(17(28)25-9-18(21,22)23)7-15(10)24-8-16(27)26-13-4-2-12(19)3-5-13/h2-7,24H,8-9H2,1H3,(H,25,28)(H,26,27). The van der Waals surface area contributed by atoms with Crippen molar-refractivity contribution < 1.29 is 27.2 Å². The Labute approximate surface area is 163 Å². The third-order valence-corrected chi connectivity index (χ3v) is 3.88. The van der Waals surface area contributed by atoms with Gasteiger partial charge >= 0.3 is 6.18 Å². The second-order valence-electron chi connectivity index (χ2n) is 5.84. The van der Waals surface area contributed by atoms with Crippen LogP contribution in [0.4, 0.5) is 28.9 Å². The second-order valence-corrected chi connectivity index (χ2v) is 6.27. The van der Waals surface area contributed by atoms with Crippen LogP contribution in [0.1, 0.15) is 15.9 Å². The van der Waals surface area contributed by atoms with Crippen molar-refractivity contribution in [2.75, 3.05) is 23.7 Å². The summed E-state index contributed by atoms with van der Waals surface area (Å²) in [7, 11) is 0. The Morgan fingerprint density at radius 3 is 2.36 bits per heavy atom. The van der Waals surface area contributed by atoms with Crippen molar-refractivity contribution in [2.24, 2.45) is 0 Å². The van der Waals surface area contributed by atoms with E-state index in [1.54, 1.807) is 29.6 Å². The number of amides is 2. The number of benzene rings is 2. The Kier molecular flexibility index (Phi) is 6.85. The van der Waals surface area contributed by atoms with E-state index in [1.165, 1.54) is 13.0 Å². The lowest BCUT2D eigenvalue weighted by Crippen LogP contribution is -2.33. The van der Waals surface area contributed by atoms with Gasteiger partial charge in [0.2, 0.25) is 5.91 Å². The molecule has 0 aliphatic heterocycles. The number of alkyl halides is 3. The topological polar surface area (TPSA) is 70.2 Å². The van der Waals surface area contributed by atoms with E-state index in [1.807, 2.05) is 0 Å². The van der Waals surface area contributed by atoms with Crippen molar-refractivity contribution >= 4 is 34.8 Å². The number of hydrogen-bond donors (Lipinski definition) is 3. The van der Waals surface area contributed by atoms with Crippen molar-refractivity contribution in [3.63, 3.8) is 0 Å². The van der Waals surface area contributed by atoms with Crippen molar-refractivity contribution in [3.8, 4) is 0 Å². The molecular weight excluding hydrogens is 402 g/mol. The summed E-state index contributed by atoms with van der Waals surface area (Å²) in [6, 6.07) is 8.38. The zero-order valence-electron chi connectivity index (χ0n) is 14.6. The molecule has 0 atom stereocenters. The fraction of sp³-hybridized carbons (Fsp3) is 0.222. The summed E-state index contributed by atoms with van der Waals surface area (Å²) in [5.41, 5.74) is 0.433. The maximum Gasteiger partial charge on any atom is 0.405 e. The van der Waals surface area contributed by atoms with Crippen LogP contribution >= 0.6 is 11.6 Å². The molecule has 2 rings (SSSR count). The minimum absolute atomic E-state index is 0.114. The lowest BCUT2D eigenvalue weighted by molar-refractivity contribution is -0.123. The van der Waals surface area contributed by atoms with Crippen LogP contribution in [-0.2, 0) is 4.79 Å². The molecule has 150 valence electrons. The van der Waals surface area contributed by atoms with Gasteiger partial charge in [0, 0.05) is 27.5 Å². The molecule has 0 spiro atoms. The number of carbonyl (C=O) groups is 2. The molecule has 0 saturated heterocycles. The lowest BCUT2D eigenvalue weighted by Gasteiger charge is -2.13. The van der Waals surface area contributed by atoms with Gasteiger partial charge in [-0.1, -0.05) is 11.6 Å². The van der Waals surface area contributed by atoms with E-state index < -0.39 is 30.4 Å². The summed E-state index contributed by atoms with van der Waals surface area (Å²) in [5, 5.41) is 7.43. The number of nitrogens with one attached hydrogen (secondary N) is 3. The molecule has 0 heterocycles. The predicted octanol–water partition coefficient (Wildman–Crippen LogP) is 4.13. The normalized spacial score (nSPS) is 11.1. The molecular formula is C18H16ClF4N3O2. The molecule has 0 saturated carbocycles. The van der Waals surface area contributed by atoms with E-state index >= 15 is 0 Å². The first kappa shape index (κ1) is 21.5.